The molecule has 1 fully saturated rings. The molecule has 9 heteroatoms. The molecule has 36 heavy (non-hydrogen) atoms. The summed E-state index contributed by atoms with van der Waals surface area (Å²) in [5.41, 5.74) is 1.29. The Labute approximate surface area is 212 Å². The molecule has 184 valence electrons. The Balaban J connectivity index is 1.28. The number of para-hydroxylation sites is 3. The van der Waals surface area contributed by atoms with Gasteiger partial charge >= 0.3 is 0 Å². The van der Waals surface area contributed by atoms with Crippen LogP contribution in [0.2, 0.25) is 0 Å². The summed E-state index contributed by atoms with van der Waals surface area (Å²) in [5, 5.41) is 2.41. The van der Waals surface area contributed by atoms with Gasteiger partial charge in [-0.3, -0.25) is 19.3 Å². The molecule has 0 bridgehead atoms. The van der Waals surface area contributed by atoms with Crippen LogP contribution in [-0.2, 0) is 9.59 Å². The molecule has 4 rings (SSSR count). The van der Waals surface area contributed by atoms with Gasteiger partial charge in [-0.1, -0.05) is 42.5 Å². The number of carbonyl (C=O) groups is 3. The summed E-state index contributed by atoms with van der Waals surface area (Å²) in [5.74, 6) is 1.06. The molecular weight excluding hydrogens is 480 g/mol. The minimum atomic E-state index is -0.352. The van der Waals surface area contributed by atoms with Crippen LogP contribution in [0, 0.1) is 0 Å². The Hall–Kier alpha value is -4.24. The monoisotopic (exact) mass is 504 g/mol. The number of anilines is 1. The lowest BCUT2D eigenvalue weighted by molar-refractivity contribution is -0.123. The van der Waals surface area contributed by atoms with Crippen LogP contribution >= 0.6 is 11.8 Å². The fourth-order valence-corrected chi connectivity index (χ4v) is 4.22. The van der Waals surface area contributed by atoms with Gasteiger partial charge in [0.05, 0.1) is 24.2 Å². The Morgan fingerprint density at radius 1 is 0.917 bits per heavy atom. The number of thioether (sulfide) groups is 1. The second-order valence-electron chi connectivity index (χ2n) is 7.60. The van der Waals surface area contributed by atoms with Crippen molar-refractivity contribution in [3.8, 4) is 17.2 Å². The SMILES string of the molecule is COc1ccccc1NC(=O)COc1ccc(/C=C2\SC(=O)N(CCOc3ccccc3)C2=O)cc1. The van der Waals surface area contributed by atoms with Gasteiger partial charge in [0.25, 0.3) is 17.1 Å². The summed E-state index contributed by atoms with van der Waals surface area (Å²) >= 11 is 0.894. The van der Waals surface area contributed by atoms with Crippen molar-refractivity contribution in [3.63, 3.8) is 0 Å². The molecular formula is C27H24N2O6S. The second kappa shape index (κ2) is 11.9. The molecule has 0 aliphatic carbocycles. The highest BCUT2D eigenvalue weighted by atomic mass is 32.2. The maximum Gasteiger partial charge on any atom is 0.293 e. The number of carbonyl (C=O) groups excluding carboxylic acids is 3. The minimum absolute atomic E-state index is 0.167. The van der Waals surface area contributed by atoms with Crippen LogP contribution in [0.3, 0.4) is 0 Å². The topological polar surface area (TPSA) is 94.2 Å². The van der Waals surface area contributed by atoms with Crippen molar-refractivity contribution in [2.45, 2.75) is 0 Å². The summed E-state index contributed by atoms with van der Waals surface area (Å²) in [7, 11) is 1.53. The van der Waals surface area contributed by atoms with E-state index in [9.17, 15) is 14.4 Å². The lowest BCUT2D eigenvalue weighted by atomic mass is 10.2. The highest BCUT2D eigenvalue weighted by molar-refractivity contribution is 8.18. The zero-order chi connectivity index (χ0) is 25.3. The number of rotatable bonds is 10. The zero-order valence-corrected chi connectivity index (χ0v) is 20.3. The van der Waals surface area contributed by atoms with E-state index in [1.54, 1.807) is 48.5 Å². The van der Waals surface area contributed by atoms with Crippen LogP contribution in [0.15, 0.2) is 83.8 Å². The van der Waals surface area contributed by atoms with Crippen LogP contribution in [-0.4, -0.2) is 48.8 Å². The Morgan fingerprint density at radius 2 is 1.61 bits per heavy atom. The summed E-state index contributed by atoms with van der Waals surface area (Å²) < 4.78 is 16.4. The van der Waals surface area contributed by atoms with Crippen molar-refractivity contribution in [1.82, 2.24) is 4.90 Å². The van der Waals surface area contributed by atoms with Gasteiger partial charge in [0.15, 0.2) is 6.61 Å². The number of amides is 3. The van der Waals surface area contributed by atoms with E-state index < -0.39 is 0 Å². The molecule has 1 saturated heterocycles. The quantitative estimate of drug-likeness (QED) is 0.395. The highest BCUT2D eigenvalue weighted by Crippen LogP contribution is 2.32. The third-order valence-corrected chi connectivity index (χ3v) is 6.04. The second-order valence-corrected chi connectivity index (χ2v) is 8.59. The van der Waals surface area contributed by atoms with E-state index in [0.29, 0.717) is 27.8 Å². The first-order valence-corrected chi connectivity index (χ1v) is 11.9. The average molecular weight is 505 g/mol. The number of benzene rings is 3. The van der Waals surface area contributed by atoms with Crippen LogP contribution in [0.5, 0.6) is 17.2 Å². The fourth-order valence-electron chi connectivity index (χ4n) is 3.36. The predicted molar refractivity (Wildman–Crippen MR) is 138 cm³/mol. The number of nitrogens with one attached hydrogen (secondary N) is 1. The maximum absolute atomic E-state index is 12.7. The van der Waals surface area contributed by atoms with Gasteiger partial charge in [-0.2, -0.15) is 0 Å². The summed E-state index contributed by atoms with van der Waals surface area (Å²) in [6, 6.07) is 23.2. The van der Waals surface area contributed by atoms with E-state index in [1.807, 2.05) is 36.4 Å². The maximum atomic E-state index is 12.7. The van der Waals surface area contributed by atoms with Gasteiger partial charge in [-0.15, -0.1) is 0 Å². The van der Waals surface area contributed by atoms with E-state index in [1.165, 1.54) is 12.0 Å². The van der Waals surface area contributed by atoms with Crippen molar-refractivity contribution in [2.75, 3.05) is 32.2 Å². The number of nitrogens with zero attached hydrogens (tertiary/aromatic N) is 1. The first-order valence-electron chi connectivity index (χ1n) is 11.1. The third-order valence-electron chi connectivity index (χ3n) is 5.13. The molecule has 0 atom stereocenters. The minimum Gasteiger partial charge on any atom is -0.495 e. The van der Waals surface area contributed by atoms with Gasteiger partial charge in [0.1, 0.15) is 23.9 Å². The molecule has 3 aromatic rings. The van der Waals surface area contributed by atoms with E-state index in [2.05, 4.69) is 5.32 Å². The van der Waals surface area contributed by atoms with Crippen molar-refractivity contribution in [3.05, 3.63) is 89.3 Å². The number of hydrogen-bond acceptors (Lipinski definition) is 7. The number of ether oxygens (including phenoxy) is 3. The normalized spacial score (nSPS) is 14.1. The molecule has 3 amide bonds. The van der Waals surface area contributed by atoms with E-state index in [-0.39, 0.29) is 36.8 Å². The van der Waals surface area contributed by atoms with Crippen molar-refractivity contribution >= 4 is 40.6 Å². The van der Waals surface area contributed by atoms with Gasteiger partial charge in [0, 0.05) is 0 Å². The van der Waals surface area contributed by atoms with Gasteiger partial charge in [-0.05, 0) is 59.8 Å². The molecule has 1 aliphatic rings. The number of methoxy groups -OCH3 is 1. The van der Waals surface area contributed by atoms with Crippen molar-refractivity contribution in [2.24, 2.45) is 0 Å². The lowest BCUT2D eigenvalue weighted by Gasteiger charge is -2.13. The smallest absolute Gasteiger partial charge is 0.293 e. The molecule has 0 aromatic heterocycles. The van der Waals surface area contributed by atoms with Crippen LogP contribution < -0.4 is 19.5 Å². The van der Waals surface area contributed by atoms with E-state index in [0.717, 1.165) is 17.3 Å². The van der Waals surface area contributed by atoms with Crippen LogP contribution in [0.1, 0.15) is 5.56 Å². The molecule has 0 radical (unpaired) electrons. The largest absolute Gasteiger partial charge is 0.495 e. The van der Waals surface area contributed by atoms with Crippen molar-refractivity contribution < 1.29 is 28.6 Å². The Kier molecular flexibility index (Phi) is 8.25. The fraction of sp³-hybridized carbons (Fsp3) is 0.148. The number of imide groups is 1. The molecule has 0 spiro atoms. The molecule has 3 aromatic carbocycles. The molecule has 8 nitrogen and oxygen atoms in total. The first-order chi connectivity index (χ1) is 17.5. The Morgan fingerprint density at radius 3 is 2.36 bits per heavy atom. The molecule has 0 unspecified atom stereocenters. The summed E-state index contributed by atoms with van der Waals surface area (Å²) in [6.07, 6.45) is 1.65. The van der Waals surface area contributed by atoms with Gasteiger partial charge in [-0.25, -0.2) is 0 Å². The summed E-state index contributed by atoms with van der Waals surface area (Å²) in [6.45, 7) is 0.202. The van der Waals surface area contributed by atoms with E-state index in [4.69, 9.17) is 14.2 Å². The van der Waals surface area contributed by atoms with Gasteiger partial charge in [0.2, 0.25) is 0 Å². The van der Waals surface area contributed by atoms with Crippen LogP contribution in [0.4, 0.5) is 10.5 Å². The lowest BCUT2D eigenvalue weighted by Crippen LogP contribution is -2.32. The summed E-state index contributed by atoms with van der Waals surface area (Å²) in [4.78, 5) is 38.7. The third kappa shape index (κ3) is 6.45. The number of hydrogen-bond donors (Lipinski definition) is 1. The zero-order valence-electron chi connectivity index (χ0n) is 19.5. The average Bonchev–Trinajstić information content (AvgIpc) is 3.16. The van der Waals surface area contributed by atoms with Gasteiger partial charge < -0.3 is 19.5 Å². The molecule has 1 heterocycles. The first kappa shape index (κ1) is 24.9. The molecule has 1 N–H and O–H groups in total. The molecule has 1 aliphatic heterocycles. The van der Waals surface area contributed by atoms with Crippen LogP contribution in [0.25, 0.3) is 6.08 Å². The highest BCUT2D eigenvalue weighted by Gasteiger charge is 2.34. The standard InChI is InChI=1S/C27H24N2O6S/c1-33-23-10-6-5-9-22(23)28-25(30)18-35-21-13-11-19(12-14-21)17-24-26(31)29(27(32)36-24)15-16-34-20-7-3-2-4-8-20/h2-14,17H,15-16,18H2,1H3,(H,28,30)/b24-17-. The molecule has 0 saturated carbocycles. The van der Waals surface area contributed by atoms with Crippen molar-refractivity contribution in [1.29, 1.82) is 0 Å². The predicted octanol–water partition coefficient (Wildman–Crippen LogP) is 4.83. The van der Waals surface area contributed by atoms with E-state index >= 15 is 0 Å². The Bertz CT molecular complexity index is 1260.